The molecule has 1 aliphatic heterocycles. The Balaban J connectivity index is 1.47. The zero-order chi connectivity index (χ0) is 20.3. The highest BCUT2D eigenvalue weighted by molar-refractivity contribution is 7.85. The number of nitrogens with zero attached hydrogens (tertiary/aromatic N) is 2. The van der Waals surface area contributed by atoms with E-state index in [1.54, 1.807) is 4.90 Å². The van der Waals surface area contributed by atoms with Crippen LogP contribution in [0.1, 0.15) is 18.4 Å². The fourth-order valence-corrected chi connectivity index (χ4v) is 4.45. The Bertz CT molecular complexity index is 932. The molecule has 0 aliphatic carbocycles. The van der Waals surface area contributed by atoms with Crippen LogP contribution in [-0.4, -0.2) is 60.0 Å². The van der Waals surface area contributed by atoms with Crippen LogP contribution < -0.4 is 5.73 Å². The molecule has 3 rings (SSSR count). The third-order valence-corrected chi connectivity index (χ3v) is 5.93. The van der Waals surface area contributed by atoms with E-state index in [1.165, 1.54) is 0 Å². The minimum absolute atomic E-state index is 0.173. The van der Waals surface area contributed by atoms with Gasteiger partial charge in [0, 0.05) is 30.6 Å². The number of piperidine rings is 1. The van der Waals surface area contributed by atoms with Crippen molar-refractivity contribution in [3.05, 3.63) is 36.0 Å². The van der Waals surface area contributed by atoms with Crippen molar-refractivity contribution < 1.29 is 22.5 Å². The fraction of sp³-hybridized carbons (Fsp3) is 0.526. The number of carbonyl (C=O) groups excluding carboxylic acids is 1. The van der Waals surface area contributed by atoms with E-state index < -0.39 is 22.1 Å². The van der Waals surface area contributed by atoms with Crippen LogP contribution in [0, 0.1) is 5.92 Å². The first-order chi connectivity index (χ1) is 13.2. The van der Waals surface area contributed by atoms with E-state index in [2.05, 4.69) is 0 Å². The minimum Gasteiger partial charge on any atom is -0.464 e. The molecule has 0 saturated carbocycles. The van der Waals surface area contributed by atoms with Gasteiger partial charge in [0.15, 0.2) is 0 Å². The van der Waals surface area contributed by atoms with Gasteiger partial charge in [-0.1, -0.05) is 18.2 Å². The number of ether oxygens (including phenoxy) is 1. The summed E-state index contributed by atoms with van der Waals surface area (Å²) in [5.74, 6) is -0.602. The zero-order valence-corrected chi connectivity index (χ0v) is 16.8. The van der Waals surface area contributed by atoms with Crippen LogP contribution in [0.4, 0.5) is 0 Å². The first-order valence-electron chi connectivity index (χ1n) is 9.35. The Morgan fingerprint density at radius 2 is 2.00 bits per heavy atom. The summed E-state index contributed by atoms with van der Waals surface area (Å²) in [5, 5.41) is 1.08. The SMILES string of the molecule is Cn1cc(CC(N)C(=O)OCC2CCN(CS(=O)(=O)O)CC2)c2ccccc21. The standard InChI is InChI=1S/C19H27N3O5S/c1-21-11-15(16-4-2-3-5-18(16)21)10-17(20)19(23)27-12-14-6-8-22(9-7-14)13-28(24,25)26/h2-5,11,14,17H,6-10,12-13,20H2,1H3,(H,24,25,26). The highest BCUT2D eigenvalue weighted by Crippen LogP contribution is 2.22. The number of carbonyl (C=O) groups is 1. The summed E-state index contributed by atoms with van der Waals surface area (Å²) in [6.07, 6.45) is 3.82. The van der Waals surface area contributed by atoms with Crippen LogP contribution in [0.15, 0.2) is 30.5 Å². The highest BCUT2D eigenvalue weighted by atomic mass is 32.2. The van der Waals surface area contributed by atoms with Gasteiger partial charge in [0.1, 0.15) is 11.9 Å². The van der Waals surface area contributed by atoms with Gasteiger partial charge in [-0.25, -0.2) is 0 Å². The number of para-hydroxylation sites is 1. The van der Waals surface area contributed by atoms with E-state index in [1.807, 2.05) is 42.1 Å². The molecular formula is C19H27N3O5S. The second kappa shape index (κ2) is 8.60. The van der Waals surface area contributed by atoms with Gasteiger partial charge in [-0.15, -0.1) is 0 Å². The Morgan fingerprint density at radius 3 is 2.68 bits per heavy atom. The summed E-state index contributed by atoms with van der Waals surface area (Å²) in [6.45, 7) is 1.37. The molecular weight excluding hydrogens is 382 g/mol. The molecule has 154 valence electrons. The van der Waals surface area contributed by atoms with Gasteiger partial charge < -0.3 is 15.0 Å². The monoisotopic (exact) mass is 409 g/mol. The number of rotatable bonds is 7. The first kappa shape index (κ1) is 20.8. The first-order valence-corrected chi connectivity index (χ1v) is 11.0. The van der Waals surface area contributed by atoms with Crippen molar-refractivity contribution in [3.63, 3.8) is 0 Å². The maximum Gasteiger partial charge on any atom is 0.323 e. The average Bonchev–Trinajstić information content (AvgIpc) is 2.95. The number of hydrogen-bond donors (Lipinski definition) is 2. The maximum absolute atomic E-state index is 12.3. The zero-order valence-electron chi connectivity index (χ0n) is 16.0. The highest BCUT2D eigenvalue weighted by Gasteiger charge is 2.25. The van der Waals surface area contributed by atoms with Crippen molar-refractivity contribution in [3.8, 4) is 0 Å². The van der Waals surface area contributed by atoms with Gasteiger partial charge in [0.05, 0.1) is 6.61 Å². The van der Waals surface area contributed by atoms with Crippen molar-refractivity contribution in [1.82, 2.24) is 9.47 Å². The molecule has 1 aromatic carbocycles. The van der Waals surface area contributed by atoms with Crippen molar-refractivity contribution in [2.45, 2.75) is 25.3 Å². The number of esters is 1. The molecule has 28 heavy (non-hydrogen) atoms. The fourth-order valence-electron chi connectivity index (χ4n) is 3.73. The van der Waals surface area contributed by atoms with E-state index in [9.17, 15) is 13.2 Å². The molecule has 0 radical (unpaired) electrons. The quantitative estimate of drug-likeness (QED) is 0.521. The molecule has 1 fully saturated rings. The van der Waals surface area contributed by atoms with Gasteiger partial charge in [-0.05, 0) is 43.5 Å². The Labute approximate surface area is 165 Å². The van der Waals surface area contributed by atoms with Crippen LogP contribution in [0.5, 0.6) is 0 Å². The van der Waals surface area contributed by atoms with Crippen molar-refractivity contribution in [2.24, 2.45) is 18.7 Å². The molecule has 8 nitrogen and oxygen atoms in total. The smallest absolute Gasteiger partial charge is 0.323 e. The summed E-state index contributed by atoms with van der Waals surface area (Å²) >= 11 is 0. The van der Waals surface area contributed by atoms with Gasteiger partial charge in [-0.3, -0.25) is 14.2 Å². The van der Waals surface area contributed by atoms with E-state index in [0.717, 1.165) is 16.5 Å². The number of likely N-dealkylation sites (tertiary alicyclic amines) is 1. The van der Waals surface area contributed by atoms with E-state index in [4.69, 9.17) is 15.0 Å². The molecule has 9 heteroatoms. The second-order valence-corrected chi connectivity index (χ2v) is 8.92. The van der Waals surface area contributed by atoms with Gasteiger partial charge in [-0.2, -0.15) is 8.42 Å². The minimum atomic E-state index is -4.00. The third kappa shape index (κ3) is 5.32. The predicted octanol–water partition coefficient (Wildman–Crippen LogP) is 1.15. The Morgan fingerprint density at radius 1 is 1.32 bits per heavy atom. The van der Waals surface area contributed by atoms with E-state index >= 15 is 0 Å². The number of aromatic nitrogens is 1. The van der Waals surface area contributed by atoms with Gasteiger partial charge in [0.2, 0.25) is 0 Å². The summed E-state index contributed by atoms with van der Waals surface area (Å²) in [7, 11) is -2.04. The molecule has 1 aliphatic rings. The van der Waals surface area contributed by atoms with Crippen molar-refractivity contribution >= 4 is 27.0 Å². The van der Waals surface area contributed by atoms with Crippen LogP contribution in [0.25, 0.3) is 10.9 Å². The molecule has 2 heterocycles. The normalized spacial score (nSPS) is 17.7. The third-order valence-electron chi connectivity index (χ3n) is 5.24. The molecule has 1 saturated heterocycles. The van der Waals surface area contributed by atoms with E-state index in [-0.39, 0.29) is 18.4 Å². The average molecular weight is 410 g/mol. The number of aryl methyl sites for hydroxylation is 1. The van der Waals surface area contributed by atoms with Crippen molar-refractivity contribution in [1.29, 1.82) is 0 Å². The van der Waals surface area contributed by atoms with Crippen LogP contribution in [0.3, 0.4) is 0 Å². The van der Waals surface area contributed by atoms with Gasteiger partial charge in [0.25, 0.3) is 10.1 Å². The van der Waals surface area contributed by atoms with Crippen LogP contribution in [0.2, 0.25) is 0 Å². The Kier molecular flexibility index (Phi) is 6.39. The molecule has 3 N–H and O–H groups in total. The van der Waals surface area contributed by atoms with E-state index in [0.29, 0.717) is 32.4 Å². The molecule has 0 amide bonds. The molecule has 0 spiro atoms. The van der Waals surface area contributed by atoms with Gasteiger partial charge >= 0.3 is 5.97 Å². The topological polar surface area (TPSA) is 115 Å². The number of benzene rings is 1. The summed E-state index contributed by atoms with van der Waals surface area (Å²) in [5.41, 5.74) is 8.18. The lowest BCUT2D eigenvalue weighted by atomic mass is 9.98. The summed E-state index contributed by atoms with van der Waals surface area (Å²) in [6, 6.07) is 7.25. The largest absolute Gasteiger partial charge is 0.464 e. The van der Waals surface area contributed by atoms with Crippen molar-refractivity contribution in [2.75, 3.05) is 25.6 Å². The lowest BCUT2D eigenvalue weighted by Crippen LogP contribution is -2.39. The predicted molar refractivity (Wildman–Crippen MR) is 106 cm³/mol. The molecule has 1 aromatic heterocycles. The summed E-state index contributed by atoms with van der Waals surface area (Å²) in [4.78, 5) is 14.0. The molecule has 0 bridgehead atoms. The number of hydrogen-bond acceptors (Lipinski definition) is 6. The number of fused-ring (bicyclic) bond motifs is 1. The van der Waals surface area contributed by atoms with Crippen LogP contribution >= 0.6 is 0 Å². The molecule has 1 unspecified atom stereocenters. The Hall–Kier alpha value is -1.94. The lowest BCUT2D eigenvalue weighted by Gasteiger charge is -2.30. The second-order valence-electron chi connectivity index (χ2n) is 7.50. The van der Waals surface area contributed by atoms with Crippen LogP contribution in [-0.2, 0) is 33.1 Å². The number of nitrogens with two attached hydrogens (primary N) is 1. The molecule has 2 aromatic rings. The summed E-state index contributed by atoms with van der Waals surface area (Å²) < 4.78 is 38.2. The lowest BCUT2D eigenvalue weighted by molar-refractivity contribution is -0.147. The molecule has 1 atom stereocenters. The maximum atomic E-state index is 12.3.